The Bertz CT molecular complexity index is 843. The second-order valence-corrected chi connectivity index (χ2v) is 8.63. The van der Waals surface area contributed by atoms with E-state index in [0.29, 0.717) is 31.7 Å². The predicted octanol–water partition coefficient (Wildman–Crippen LogP) is 3.47. The molecule has 2 aromatic carbocycles. The van der Waals surface area contributed by atoms with Gasteiger partial charge < -0.3 is 9.64 Å². The van der Waals surface area contributed by atoms with E-state index in [9.17, 15) is 13.2 Å². The summed E-state index contributed by atoms with van der Waals surface area (Å²) in [5.74, 6) is 0.671. The van der Waals surface area contributed by atoms with Crippen LogP contribution < -0.4 is 4.74 Å². The fourth-order valence-corrected chi connectivity index (χ4v) is 3.26. The molecule has 2 aromatic rings. The van der Waals surface area contributed by atoms with Crippen molar-refractivity contribution in [3.05, 3.63) is 59.7 Å². The summed E-state index contributed by atoms with van der Waals surface area (Å²) >= 11 is 0. The average molecular weight is 390 g/mol. The number of sulfone groups is 1. The van der Waals surface area contributed by atoms with Crippen molar-refractivity contribution < 1.29 is 17.9 Å². The van der Waals surface area contributed by atoms with Gasteiger partial charge in [0.2, 0.25) is 5.91 Å². The van der Waals surface area contributed by atoms with Crippen LogP contribution >= 0.6 is 0 Å². The van der Waals surface area contributed by atoms with Crippen molar-refractivity contribution in [3.63, 3.8) is 0 Å². The predicted molar refractivity (Wildman–Crippen MR) is 107 cm³/mol. The van der Waals surface area contributed by atoms with Gasteiger partial charge in [0.25, 0.3) is 0 Å². The first-order valence-electron chi connectivity index (χ1n) is 9.04. The number of hydrogen-bond donors (Lipinski definition) is 0. The molecule has 0 aliphatic heterocycles. The van der Waals surface area contributed by atoms with Crippen molar-refractivity contribution in [2.75, 3.05) is 19.9 Å². The number of benzene rings is 2. The molecule has 0 unspecified atom stereocenters. The van der Waals surface area contributed by atoms with Crippen LogP contribution in [0.15, 0.2) is 53.4 Å². The number of carbonyl (C=O) groups excluding carboxylic acids is 1. The number of rotatable bonds is 9. The maximum Gasteiger partial charge on any atom is 0.222 e. The van der Waals surface area contributed by atoms with E-state index in [-0.39, 0.29) is 10.8 Å². The smallest absolute Gasteiger partial charge is 0.222 e. The summed E-state index contributed by atoms with van der Waals surface area (Å²) in [6.45, 7) is 3.12. The van der Waals surface area contributed by atoms with Crippen LogP contribution in [0.25, 0.3) is 0 Å². The highest BCUT2D eigenvalue weighted by molar-refractivity contribution is 7.90. The lowest BCUT2D eigenvalue weighted by molar-refractivity contribution is -0.130. The van der Waals surface area contributed by atoms with E-state index in [1.54, 1.807) is 24.1 Å². The highest BCUT2D eigenvalue weighted by Gasteiger charge is 2.10. The molecule has 6 heteroatoms. The van der Waals surface area contributed by atoms with E-state index >= 15 is 0 Å². The molecule has 0 bridgehead atoms. The highest BCUT2D eigenvalue weighted by Crippen LogP contribution is 2.16. The number of nitrogens with zero attached hydrogens (tertiary/aromatic N) is 1. The number of hydrogen-bond acceptors (Lipinski definition) is 4. The number of amides is 1. The molecule has 0 saturated carbocycles. The van der Waals surface area contributed by atoms with Gasteiger partial charge in [0.15, 0.2) is 9.84 Å². The quantitative estimate of drug-likeness (QED) is 0.616. The summed E-state index contributed by atoms with van der Waals surface area (Å²) in [4.78, 5) is 14.2. The lowest BCUT2D eigenvalue weighted by Gasteiger charge is -2.17. The Morgan fingerprint density at radius 2 is 1.59 bits per heavy atom. The molecule has 0 radical (unpaired) electrons. The summed E-state index contributed by atoms with van der Waals surface area (Å²) in [6, 6.07) is 14.6. The van der Waals surface area contributed by atoms with E-state index in [1.165, 1.54) is 24.0 Å². The third-order valence-electron chi connectivity index (χ3n) is 4.33. The van der Waals surface area contributed by atoms with Gasteiger partial charge in [-0.25, -0.2) is 8.42 Å². The van der Waals surface area contributed by atoms with Crippen LogP contribution in [-0.4, -0.2) is 39.1 Å². The molecule has 27 heavy (non-hydrogen) atoms. The average Bonchev–Trinajstić information content (AvgIpc) is 2.65. The van der Waals surface area contributed by atoms with Gasteiger partial charge in [0.05, 0.1) is 11.5 Å². The normalized spacial score (nSPS) is 11.2. The lowest BCUT2D eigenvalue weighted by Crippen LogP contribution is -2.26. The molecule has 2 rings (SSSR count). The van der Waals surface area contributed by atoms with Crippen LogP contribution in [-0.2, 0) is 27.6 Å². The van der Waals surface area contributed by atoms with Gasteiger partial charge in [0, 0.05) is 26.3 Å². The first kappa shape index (κ1) is 21.0. The maximum absolute atomic E-state index is 12.2. The second kappa shape index (κ2) is 9.55. The van der Waals surface area contributed by atoms with Crippen molar-refractivity contribution >= 4 is 15.7 Å². The Morgan fingerprint density at radius 1 is 1.00 bits per heavy atom. The van der Waals surface area contributed by atoms with E-state index in [4.69, 9.17) is 4.74 Å². The van der Waals surface area contributed by atoms with Crippen molar-refractivity contribution in [1.82, 2.24) is 4.90 Å². The van der Waals surface area contributed by atoms with Crippen molar-refractivity contribution in [2.45, 2.75) is 37.6 Å². The van der Waals surface area contributed by atoms with E-state index in [0.717, 1.165) is 12.0 Å². The van der Waals surface area contributed by atoms with Crippen molar-refractivity contribution in [1.29, 1.82) is 0 Å². The molecule has 146 valence electrons. The van der Waals surface area contributed by atoms with Crippen LogP contribution in [0.2, 0.25) is 0 Å². The number of ether oxygens (including phenoxy) is 1. The van der Waals surface area contributed by atoms with E-state index in [1.807, 2.05) is 0 Å². The highest BCUT2D eigenvalue weighted by atomic mass is 32.2. The monoisotopic (exact) mass is 389 g/mol. The van der Waals surface area contributed by atoms with Crippen LogP contribution in [0.4, 0.5) is 0 Å². The third kappa shape index (κ3) is 6.71. The topological polar surface area (TPSA) is 63.7 Å². The molecule has 0 aromatic heterocycles. The van der Waals surface area contributed by atoms with Gasteiger partial charge in [-0.2, -0.15) is 0 Å². The molecular weight excluding hydrogens is 362 g/mol. The van der Waals surface area contributed by atoms with Gasteiger partial charge in [-0.15, -0.1) is 0 Å². The van der Waals surface area contributed by atoms with Crippen molar-refractivity contribution in [2.24, 2.45) is 0 Å². The van der Waals surface area contributed by atoms with Gasteiger partial charge in [-0.3, -0.25) is 4.79 Å². The molecule has 0 fully saturated rings. The fraction of sp³-hybridized carbons (Fsp3) is 0.381. The molecular formula is C21H27NO4S. The number of carbonyl (C=O) groups is 1. The first-order valence-corrected chi connectivity index (χ1v) is 10.9. The number of aryl methyl sites for hydroxylation is 1. The largest absolute Gasteiger partial charge is 0.494 e. The van der Waals surface area contributed by atoms with E-state index < -0.39 is 9.84 Å². The Hall–Kier alpha value is -2.34. The minimum Gasteiger partial charge on any atom is -0.494 e. The summed E-state index contributed by atoms with van der Waals surface area (Å²) in [7, 11) is -1.39. The van der Waals surface area contributed by atoms with Crippen LogP contribution in [0.5, 0.6) is 5.75 Å². The molecule has 0 aliphatic carbocycles. The maximum atomic E-state index is 12.2. The molecule has 0 spiro atoms. The summed E-state index contributed by atoms with van der Waals surface area (Å²) in [5, 5.41) is 0. The minimum atomic E-state index is -3.20. The zero-order valence-corrected chi connectivity index (χ0v) is 17.0. The molecule has 5 nitrogen and oxygen atoms in total. The molecule has 0 N–H and O–H groups in total. The summed E-state index contributed by atoms with van der Waals surface area (Å²) in [5.41, 5.74) is 2.40. The molecule has 0 atom stereocenters. The van der Waals surface area contributed by atoms with E-state index in [2.05, 4.69) is 31.2 Å². The van der Waals surface area contributed by atoms with Crippen LogP contribution in [0.1, 0.15) is 30.9 Å². The fourth-order valence-electron chi connectivity index (χ4n) is 2.63. The van der Waals surface area contributed by atoms with Gasteiger partial charge >= 0.3 is 0 Å². The third-order valence-corrected chi connectivity index (χ3v) is 5.46. The molecule has 0 aliphatic rings. The standard InChI is InChI=1S/C21H27NO4S/c1-4-17-7-9-18(10-8-17)16-22(2)21(23)6-5-15-26-19-11-13-20(14-12-19)27(3,24)25/h7-14H,4-6,15-16H2,1-3H3. The minimum absolute atomic E-state index is 0.0746. The van der Waals surface area contributed by atoms with Gasteiger partial charge in [0.1, 0.15) is 5.75 Å². The van der Waals surface area contributed by atoms with Crippen molar-refractivity contribution in [3.8, 4) is 5.75 Å². The Balaban J connectivity index is 1.73. The Morgan fingerprint density at radius 3 is 2.15 bits per heavy atom. The first-order chi connectivity index (χ1) is 12.8. The Kier molecular flexibility index (Phi) is 7.42. The molecule has 0 saturated heterocycles. The zero-order valence-electron chi connectivity index (χ0n) is 16.1. The lowest BCUT2D eigenvalue weighted by atomic mass is 10.1. The second-order valence-electron chi connectivity index (χ2n) is 6.62. The van der Waals surface area contributed by atoms with Crippen LogP contribution in [0.3, 0.4) is 0 Å². The zero-order chi connectivity index (χ0) is 19.9. The van der Waals surface area contributed by atoms with Crippen LogP contribution in [0, 0.1) is 0 Å². The molecule has 0 heterocycles. The summed E-state index contributed by atoms with van der Waals surface area (Å²) in [6.07, 6.45) is 3.19. The SMILES string of the molecule is CCc1ccc(CN(C)C(=O)CCCOc2ccc(S(C)(=O)=O)cc2)cc1. The Labute approximate surface area is 161 Å². The van der Waals surface area contributed by atoms with Gasteiger partial charge in [-0.1, -0.05) is 31.2 Å². The molecule has 1 amide bonds. The summed E-state index contributed by atoms with van der Waals surface area (Å²) < 4.78 is 28.4. The van der Waals surface area contributed by atoms with Gasteiger partial charge in [-0.05, 0) is 48.2 Å².